The number of halogens is 3. The first-order valence-corrected chi connectivity index (χ1v) is 4.89. The lowest BCUT2D eigenvalue weighted by molar-refractivity contribution is -0.152. The number of ether oxygens (including phenoxy) is 1. The molecule has 0 aliphatic rings. The average molecular weight is 228 g/mol. The van der Waals surface area contributed by atoms with Crippen molar-refractivity contribution in [3.63, 3.8) is 0 Å². The van der Waals surface area contributed by atoms with Crippen LogP contribution in [0.4, 0.5) is 13.2 Å². The predicted octanol–water partition coefficient (Wildman–Crippen LogP) is 1.10. The minimum absolute atomic E-state index is 0.244. The fraction of sp³-hybridized carbons (Fsp3) is 1.00. The molecule has 0 saturated heterocycles. The molecule has 15 heavy (non-hydrogen) atoms. The van der Waals surface area contributed by atoms with E-state index in [1.54, 1.807) is 14.0 Å². The molecule has 0 rings (SSSR count). The van der Waals surface area contributed by atoms with Crippen molar-refractivity contribution >= 4 is 0 Å². The third kappa shape index (κ3) is 6.70. The van der Waals surface area contributed by atoms with E-state index in [4.69, 9.17) is 4.74 Å². The molecule has 0 amide bonds. The van der Waals surface area contributed by atoms with Crippen LogP contribution in [-0.4, -0.2) is 57.5 Å². The molecule has 6 heteroatoms. The van der Waals surface area contributed by atoms with Crippen LogP contribution in [0.15, 0.2) is 0 Å². The number of alkyl halides is 3. The molecule has 0 aromatic heterocycles. The Bertz CT molecular complexity index is 158. The van der Waals surface area contributed by atoms with Gasteiger partial charge in [-0.05, 0) is 13.6 Å². The van der Waals surface area contributed by atoms with E-state index >= 15 is 0 Å². The van der Waals surface area contributed by atoms with Gasteiger partial charge in [0, 0.05) is 19.7 Å². The summed E-state index contributed by atoms with van der Waals surface area (Å²) in [6.45, 7) is 1.96. The van der Waals surface area contributed by atoms with Crippen LogP contribution in [0.25, 0.3) is 0 Å². The summed E-state index contributed by atoms with van der Waals surface area (Å²) < 4.78 is 41.6. The third-order valence-electron chi connectivity index (χ3n) is 2.10. The minimum atomic E-state index is -4.16. The number of nitrogens with one attached hydrogen (secondary N) is 1. The van der Waals surface area contributed by atoms with Crippen LogP contribution in [0.1, 0.15) is 6.92 Å². The molecule has 3 nitrogen and oxygen atoms in total. The summed E-state index contributed by atoms with van der Waals surface area (Å²) in [5.41, 5.74) is 0. The Kier molecular flexibility index (Phi) is 6.87. The molecule has 1 N–H and O–H groups in total. The molecule has 0 saturated carbocycles. The van der Waals surface area contributed by atoms with E-state index in [2.05, 4.69) is 5.32 Å². The second-order valence-corrected chi connectivity index (χ2v) is 3.35. The van der Waals surface area contributed by atoms with E-state index in [9.17, 15) is 13.2 Å². The summed E-state index contributed by atoms with van der Waals surface area (Å²) in [5, 5.41) is 2.86. The number of rotatable bonds is 7. The van der Waals surface area contributed by atoms with Gasteiger partial charge < -0.3 is 10.1 Å². The van der Waals surface area contributed by atoms with Gasteiger partial charge in [-0.3, -0.25) is 4.90 Å². The fourth-order valence-corrected chi connectivity index (χ4v) is 1.45. The Morgan fingerprint density at radius 1 is 1.40 bits per heavy atom. The van der Waals surface area contributed by atoms with Gasteiger partial charge >= 0.3 is 6.18 Å². The maximum Gasteiger partial charge on any atom is 0.401 e. The van der Waals surface area contributed by atoms with Crippen molar-refractivity contribution in [1.82, 2.24) is 10.2 Å². The van der Waals surface area contributed by atoms with Crippen molar-refractivity contribution < 1.29 is 17.9 Å². The molecule has 1 unspecified atom stereocenters. The zero-order valence-corrected chi connectivity index (χ0v) is 9.40. The normalized spacial score (nSPS) is 14.6. The van der Waals surface area contributed by atoms with Crippen molar-refractivity contribution in [1.29, 1.82) is 0 Å². The number of nitrogens with zero attached hydrogens (tertiary/aromatic N) is 1. The fourth-order valence-electron chi connectivity index (χ4n) is 1.45. The van der Waals surface area contributed by atoms with Gasteiger partial charge in [0.1, 0.15) is 0 Å². The Hall–Kier alpha value is -0.330. The molecule has 0 bridgehead atoms. The number of likely N-dealkylation sites (N-methyl/N-ethyl adjacent to an activating group) is 2. The summed E-state index contributed by atoms with van der Waals surface area (Å²) in [5.74, 6) is 0. The van der Waals surface area contributed by atoms with Crippen molar-refractivity contribution in [2.75, 3.05) is 40.4 Å². The van der Waals surface area contributed by atoms with Crippen molar-refractivity contribution in [3.05, 3.63) is 0 Å². The number of methoxy groups -OCH3 is 1. The van der Waals surface area contributed by atoms with Gasteiger partial charge in [0.2, 0.25) is 0 Å². The summed E-state index contributed by atoms with van der Waals surface area (Å²) >= 11 is 0. The molecule has 0 aliphatic heterocycles. The third-order valence-corrected chi connectivity index (χ3v) is 2.10. The predicted molar refractivity (Wildman–Crippen MR) is 52.9 cm³/mol. The molecule has 0 radical (unpaired) electrons. The number of hydrogen-bond acceptors (Lipinski definition) is 3. The van der Waals surface area contributed by atoms with Crippen LogP contribution in [0.5, 0.6) is 0 Å². The van der Waals surface area contributed by atoms with Crippen molar-refractivity contribution in [3.8, 4) is 0 Å². The highest BCUT2D eigenvalue weighted by Crippen LogP contribution is 2.17. The molecule has 1 atom stereocenters. The average Bonchev–Trinajstić information content (AvgIpc) is 2.12. The molecule has 0 fully saturated rings. The monoisotopic (exact) mass is 228 g/mol. The van der Waals surface area contributed by atoms with Gasteiger partial charge in [0.15, 0.2) is 0 Å². The minimum Gasteiger partial charge on any atom is -0.383 e. The smallest absolute Gasteiger partial charge is 0.383 e. The SMILES string of the molecule is CCN(CC(F)(F)F)C(CNC)COC. The van der Waals surface area contributed by atoms with Gasteiger partial charge in [0.05, 0.1) is 13.2 Å². The lowest BCUT2D eigenvalue weighted by Gasteiger charge is -2.30. The van der Waals surface area contributed by atoms with Gasteiger partial charge in [0.25, 0.3) is 0 Å². The van der Waals surface area contributed by atoms with E-state index in [1.807, 2.05) is 0 Å². The van der Waals surface area contributed by atoms with E-state index < -0.39 is 12.7 Å². The van der Waals surface area contributed by atoms with Crippen LogP contribution in [0, 0.1) is 0 Å². The molecule has 0 heterocycles. The molecular weight excluding hydrogens is 209 g/mol. The van der Waals surface area contributed by atoms with Crippen molar-refractivity contribution in [2.24, 2.45) is 0 Å². The standard InChI is InChI=1S/C9H19F3N2O/c1-4-14(7-9(10,11)12)8(5-13-2)6-15-3/h8,13H,4-7H2,1-3H3. The number of hydrogen-bond donors (Lipinski definition) is 1. The Labute approximate surface area is 88.6 Å². The van der Waals surface area contributed by atoms with E-state index in [1.165, 1.54) is 12.0 Å². The van der Waals surface area contributed by atoms with E-state index in [0.29, 0.717) is 19.7 Å². The molecule has 0 spiro atoms. The topological polar surface area (TPSA) is 24.5 Å². The Morgan fingerprint density at radius 2 is 2.00 bits per heavy atom. The summed E-state index contributed by atoms with van der Waals surface area (Å²) in [6.07, 6.45) is -4.16. The lowest BCUT2D eigenvalue weighted by atomic mass is 10.2. The van der Waals surface area contributed by atoms with E-state index in [-0.39, 0.29) is 6.04 Å². The largest absolute Gasteiger partial charge is 0.401 e. The molecule has 92 valence electrons. The van der Waals surface area contributed by atoms with Crippen LogP contribution in [0.2, 0.25) is 0 Å². The molecule has 0 aromatic rings. The first-order chi connectivity index (χ1) is 6.94. The van der Waals surface area contributed by atoms with Crippen LogP contribution >= 0.6 is 0 Å². The first-order valence-electron chi connectivity index (χ1n) is 4.89. The van der Waals surface area contributed by atoms with Gasteiger partial charge in [-0.15, -0.1) is 0 Å². The van der Waals surface area contributed by atoms with Crippen molar-refractivity contribution in [2.45, 2.75) is 19.1 Å². The maximum absolute atomic E-state index is 12.2. The van der Waals surface area contributed by atoms with Crippen LogP contribution in [-0.2, 0) is 4.74 Å². The van der Waals surface area contributed by atoms with Crippen LogP contribution in [0.3, 0.4) is 0 Å². The molecule has 0 aliphatic carbocycles. The zero-order chi connectivity index (χ0) is 11.9. The van der Waals surface area contributed by atoms with Gasteiger partial charge in [-0.1, -0.05) is 6.92 Å². The second-order valence-electron chi connectivity index (χ2n) is 3.35. The zero-order valence-electron chi connectivity index (χ0n) is 9.40. The maximum atomic E-state index is 12.2. The Morgan fingerprint density at radius 3 is 2.33 bits per heavy atom. The highest BCUT2D eigenvalue weighted by Gasteiger charge is 2.32. The highest BCUT2D eigenvalue weighted by atomic mass is 19.4. The second kappa shape index (κ2) is 7.03. The molecular formula is C9H19F3N2O. The van der Waals surface area contributed by atoms with Gasteiger partial charge in [-0.2, -0.15) is 13.2 Å². The lowest BCUT2D eigenvalue weighted by Crippen LogP contribution is -2.48. The summed E-state index contributed by atoms with van der Waals surface area (Å²) in [6, 6.07) is -0.244. The van der Waals surface area contributed by atoms with Gasteiger partial charge in [-0.25, -0.2) is 0 Å². The molecule has 0 aromatic carbocycles. The highest BCUT2D eigenvalue weighted by molar-refractivity contribution is 4.74. The van der Waals surface area contributed by atoms with E-state index in [0.717, 1.165) is 0 Å². The Balaban J connectivity index is 4.30. The summed E-state index contributed by atoms with van der Waals surface area (Å²) in [7, 11) is 3.20. The summed E-state index contributed by atoms with van der Waals surface area (Å²) in [4.78, 5) is 1.36. The first kappa shape index (κ1) is 14.7. The quantitative estimate of drug-likeness (QED) is 0.706. The van der Waals surface area contributed by atoms with Crippen LogP contribution < -0.4 is 5.32 Å².